The Morgan fingerprint density at radius 2 is 2.03 bits per heavy atom. The minimum absolute atomic E-state index is 0.209. The third kappa shape index (κ3) is 4.37. The molecule has 0 aliphatic heterocycles. The zero-order valence-corrected chi connectivity index (χ0v) is 16.6. The fourth-order valence-electron chi connectivity index (χ4n) is 3.59. The van der Waals surface area contributed by atoms with Crippen LogP contribution < -0.4 is 10.6 Å². The molecule has 1 aliphatic carbocycles. The van der Waals surface area contributed by atoms with Crippen molar-refractivity contribution in [3.8, 4) is 0 Å². The number of carbonyl (C=O) groups is 1. The van der Waals surface area contributed by atoms with Crippen LogP contribution in [0.2, 0.25) is 0 Å². The largest absolute Gasteiger partial charge is 0.393 e. The van der Waals surface area contributed by atoms with Gasteiger partial charge < -0.3 is 15.7 Å². The first-order valence-corrected chi connectivity index (χ1v) is 10.1. The van der Waals surface area contributed by atoms with E-state index >= 15 is 0 Å². The van der Waals surface area contributed by atoms with E-state index in [1.807, 2.05) is 18.2 Å². The summed E-state index contributed by atoms with van der Waals surface area (Å²) in [6, 6.07) is 7.53. The van der Waals surface area contributed by atoms with Gasteiger partial charge in [-0.2, -0.15) is 5.10 Å². The van der Waals surface area contributed by atoms with E-state index in [4.69, 9.17) is 0 Å². The molecule has 8 heteroatoms. The van der Waals surface area contributed by atoms with Crippen molar-refractivity contribution in [3.63, 3.8) is 0 Å². The summed E-state index contributed by atoms with van der Waals surface area (Å²) in [4.78, 5) is 21.9. The van der Waals surface area contributed by atoms with Crippen molar-refractivity contribution in [2.75, 3.05) is 10.6 Å². The topological polar surface area (TPSA) is 116 Å². The van der Waals surface area contributed by atoms with E-state index in [0.717, 1.165) is 36.8 Å². The second-order valence-electron chi connectivity index (χ2n) is 7.90. The summed E-state index contributed by atoms with van der Waals surface area (Å²) in [7, 11) is 0. The summed E-state index contributed by atoms with van der Waals surface area (Å²) in [5, 5.41) is 23.8. The Labute approximate surface area is 169 Å². The van der Waals surface area contributed by atoms with E-state index in [0.29, 0.717) is 28.8 Å². The Hall–Kier alpha value is -3.00. The van der Waals surface area contributed by atoms with Gasteiger partial charge >= 0.3 is 0 Å². The molecule has 2 heterocycles. The van der Waals surface area contributed by atoms with Crippen molar-refractivity contribution < 1.29 is 9.90 Å². The van der Waals surface area contributed by atoms with Crippen LogP contribution in [0.4, 0.5) is 11.8 Å². The van der Waals surface area contributed by atoms with Crippen LogP contribution in [0.25, 0.3) is 10.9 Å². The van der Waals surface area contributed by atoms with Crippen molar-refractivity contribution in [3.05, 3.63) is 41.7 Å². The maximum Gasteiger partial charge on any atom is 0.259 e. The molecule has 152 valence electrons. The lowest BCUT2D eigenvalue weighted by Gasteiger charge is -2.26. The molecule has 0 saturated heterocycles. The van der Waals surface area contributed by atoms with Gasteiger partial charge in [0.05, 0.1) is 17.2 Å². The van der Waals surface area contributed by atoms with E-state index in [-0.39, 0.29) is 18.1 Å². The summed E-state index contributed by atoms with van der Waals surface area (Å²) in [5.41, 5.74) is 2.03. The minimum atomic E-state index is -0.261. The number of H-pyrrole nitrogens is 1. The molecule has 0 unspecified atom stereocenters. The summed E-state index contributed by atoms with van der Waals surface area (Å²) in [6.45, 7) is 4.12. The highest BCUT2D eigenvalue weighted by Crippen LogP contribution is 2.23. The fraction of sp³-hybridized carbons (Fsp3) is 0.429. The minimum Gasteiger partial charge on any atom is -0.393 e. The predicted molar refractivity (Wildman–Crippen MR) is 112 cm³/mol. The number of rotatable bonds is 5. The molecular formula is C21H26N6O2. The first-order chi connectivity index (χ1) is 14.0. The van der Waals surface area contributed by atoms with Crippen LogP contribution in [0, 0.1) is 0 Å². The van der Waals surface area contributed by atoms with E-state index in [2.05, 4.69) is 44.6 Å². The molecule has 0 atom stereocenters. The lowest BCUT2D eigenvalue weighted by molar-refractivity contribution is 0.102. The molecule has 1 aromatic carbocycles. The number of benzene rings is 1. The number of aromatic nitrogens is 4. The number of nitrogens with zero attached hydrogens (tertiary/aromatic N) is 3. The number of carbonyl (C=O) groups excluding carboxylic acids is 1. The van der Waals surface area contributed by atoms with Gasteiger partial charge in [-0.25, -0.2) is 9.97 Å². The van der Waals surface area contributed by atoms with Gasteiger partial charge in [0.1, 0.15) is 0 Å². The smallest absolute Gasteiger partial charge is 0.259 e. The molecule has 4 rings (SSSR count). The van der Waals surface area contributed by atoms with Gasteiger partial charge in [0.2, 0.25) is 5.95 Å². The van der Waals surface area contributed by atoms with Crippen molar-refractivity contribution in [1.82, 2.24) is 20.2 Å². The van der Waals surface area contributed by atoms with E-state index in [1.54, 1.807) is 12.3 Å². The van der Waals surface area contributed by atoms with Crippen LogP contribution in [0.3, 0.4) is 0 Å². The number of para-hydroxylation sites is 1. The van der Waals surface area contributed by atoms with Gasteiger partial charge in [0, 0.05) is 29.4 Å². The number of aliphatic hydroxyl groups excluding tert-OH is 1. The van der Waals surface area contributed by atoms with Crippen molar-refractivity contribution in [2.24, 2.45) is 0 Å². The van der Waals surface area contributed by atoms with Gasteiger partial charge in [-0.3, -0.25) is 9.89 Å². The van der Waals surface area contributed by atoms with Gasteiger partial charge in [0.25, 0.3) is 5.91 Å². The van der Waals surface area contributed by atoms with Gasteiger partial charge in [-0.1, -0.05) is 26.0 Å². The number of hydrogen-bond donors (Lipinski definition) is 4. The standard InChI is InChI=1S/C21H26N6O2/c1-12(2)17-10-18(27-26-17)24-20(29)16-5-3-4-13-11-22-21(25-19(13)16)23-14-6-8-15(28)9-7-14/h3-5,10-12,14-15,28H,6-9H2,1-2H3,(H,22,23,25)(H2,24,26,27,29)/t14-,15-. The number of aromatic amines is 1. The summed E-state index contributed by atoms with van der Waals surface area (Å²) in [6.07, 6.45) is 4.83. The second-order valence-corrected chi connectivity index (χ2v) is 7.90. The quantitative estimate of drug-likeness (QED) is 0.527. The van der Waals surface area contributed by atoms with E-state index in [9.17, 15) is 9.90 Å². The number of hydrogen-bond acceptors (Lipinski definition) is 6. The van der Waals surface area contributed by atoms with Crippen molar-refractivity contribution >= 4 is 28.6 Å². The molecule has 0 bridgehead atoms. The highest BCUT2D eigenvalue weighted by molar-refractivity contribution is 6.11. The first kappa shape index (κ1) is 19.3. The molecule has 29 heavy (non-hydrogen) atoms. The molecule has 4 N–H and O–H groups in total. The average Bonchev–Trinajstić information content (AvgIpc) is 3.18. The Kier molecular flexibility index (Phi) is 5.44. The van der Waals surface area contributed by atoms with E-state index in [1.165, 1.54) is 0 Å². The normalized spacial score (nSPS) is 19.4. The molecule has 1 saturated carbocycles. The van der Waals surface area contributed by atoms with Crippen molar-refractivity contribution in [1.29, 1.82) is 0 Å². The molecule has 8 nitrogen and oxygen atoms in total. The monoisotopic (exact) mass is 394 g/mol. The number of fused-ring (bicyclic) bond motifs is 1. The summed E-state index contributed by atoms with van der Waals surface area (Å²) in [5.74, 6) is 1.03. The number of nitrogens with one attached hydrogen (secondary N) is 3. The number of anilines is 2. The van der Waals surface area contributed by atoms with Crippen LogP contribution >= 0.6 is 0 Å². The third-order valence-corrected chi connectivity index (χ3v) is 5.35. The molecule has 0 radical (unpaired) electrons. The molecule has 3 aromatic rings. The van der Waals surface area contributed by atoms with Crippen LogP contribution in [0.5, 0.6) is 0 Å². The highest BCUT2D eigenvalue weighted by Gasteiger charge is 2.20. The van der Waals surface area contributed by atoms with E-state index < -0.39 is 0 Å². The molecule has 1 amide bonds. The molecule has 1 aliphatic rings. The van der Waals surface area contributed by atoms with Crippen LogP contribution in [0.15, 0.2) is 30.5 Å². The molecule has 2 aromatic heterocycles. The Balaban J connectivity index is 1.55. The third-order valence-electron chi connectivity index (χ3n) is 5.35. The fourth-order valence-corrected chi connectivity index (χ4v) is 3.59. The summed E-state index contributed by atoms with van der Waals surface area (Å²) < 4.78 is 0. The van der Waals surface area contributed by atoms with Crippen LogP contribution in [-0.2, 0) is 0 Å². The number of amides is 1. The van der Waals surface area contributed by atoms with Gasteiger partial charge in [0.15, 0.2) is 5.82 Å². The van der Waals surface area contributed by atoms with Crippen LogP contribution in [0.1, 0.15) is 61.5 Å². The van der Waals surface area contributed by atoms with Gasteiger partial charge in [-0.05, 0) is 37.7 Å². The van der Waals surface area contributed by atoms with Gasteiger partial charge in [-0.15, -0.1) is 0 Å². The second kappa shape index (κ2) is 8.16. The Bertz CT molecular complexity index is 1010. The highest BCUT2D eigenvalue weighted by atomic mass is 16.3. The number of aliphatic hydroxyl groups is 1. The zero-order valence-electron chi connectivity index (χ0n) is 16.6. The first-order valence-electron chi connectivity index (χ1n) is 10.1. The average molecular weight is 394 g/mol. The molecule has 1 fully saturated rings. The Morgan fingerprint density at radius 1 is 1.24 bits per heavy atom. The lowest BCUT2D eigenvalue weighted by Crippen LogP contribution is -2.29. The molecular weight excluding hydrogens is 368 g/mol. The maximum atomic E-state index is 12.9. The SMILES string of the molecule is CC(C)c1cc(NC(=O)c2cccc3cnc(N[C@H]4CC[C@H](O)CC4)nc23)n[nH]1. The summed E-state index contributed by atoms with van der Waals surface area (Å²) >= 11 is 0. The zero-order chi connectivity index (χ0) is 20.4. The Morgan fingerprint density at radius 3 is 2.76 bits per heavy atom. The lowest BCUT2D eigenvalue weighted by atomic mass is 9.93. The maximum absolute atomic E-state index is 12.9. The molecule has 0 spiro atoms. The van der Waals surface area contributed by atoms with Crippen LogP contribution in [-0.4, -0.2) is 43.3 Å². The predicted octanol–water partition coefficient (Wildman–Crippen LogP) is 3.44. The van der Waals surface area contributed by atoms with Crippen molar-refractivity contribution in [2.45, 2.75) is 57.6 Å².